The average Bonchev–Trinajstić information content (AvgIpc) is 3.25. The number of rotatable bonds is 4. The summed E-state index contributed by atoms with van der Waals surface area (Å²) < 4.78 is 44.5. The van der Waals surface area contributed by atoms with E-state index in [4.69, 9.17) is 0 Å². The van der Waals surface area contributed by atoms with E-state index < -0.39 is 9.84 Å². The van der Waals surface area contributed by atoms with Crippen molar-refractivity contribution in [3.63, 3.8) is 0 Å². The molecule has 0 radical (unpaired) electrons. The maximum atomic E-state index is 13.9. The summed E-state index contributed by atoms with van der Waals surface area (Å²) in [5.41, 5.74) is 2.58. The largest absolute Gasteiger partial charge is 0.346 e. The first-order valence-electron chi connectivity index (χ1n) is 9.24. The molecule has 0 amide bonds. The molecule has 0 atom stereocenters. The van der Waals surface area contributed by atoms with Crippen molar-refractivity contribution in [2.45, 2.75) is 44.0 Å². The molecule has 8 heteroatoms. The molecule has 0 saturated carbocycles. The lowest BCUT2D eigenvalue weighted by molar-refractivity contribution is 0.595. The first-order valence-corrected chi connectivity index (χ1v) is 10.7. The van der Waals surface area contributed by atoms with Crippen molar-refractivity contribution in [2.24, 2.45) is 0 Å². The number of fused-ring (bicyclic) bond motifs is 1. The smallest absolute Gasteiger partial charge is 0.210 e. The molecule has 0 N–H and O–H groups in total. The summed E-state index contributed by atoms with van der Waals surface area (Å²) in [4.78, 5) is 8.82. The van der Waals surface area contributed by atoms with Crippen molar-refractivity contribution >= 4 is 20.7 Å². The first kappa shape index (κ1) is 19.3. The lowest BCUT2D eigenvalue weighted by Crippen LogP contribution is -2.07. The summed E-state index contributed by atoms with van der Waals surface area (Å²) in [5.74, 6) is 0.209. The van der Waals surface area contributed by atoms with Gasteiger partial charge >= 0.3 is 0 Å². The molecule has 0 bridgehead atoms. The van der Waals surface area contributed by atoms with Crippen LogP contribution in [0.5, 0.6) is 0 Å². The molecule has 3 heterocycles. The Hall–Kier alpha value is -3.00. The molecule has 6 nitrogen and oxygen atoms in total. The minimum Gasteiger partial charge on any atom is -0.346 e. The fraction of sp³-hybridized carbons (Fsp3) is 0.238. The Bertz CT molecular complexity index is 1350. The van der Waals surface area contributed by atoms with Crippen LogP contribution in [0.1, 0.15) is 23.7 Å². The number of imidazole rings is 1. The van der Waals surface area contributed by atoms with E-state index in [1.165, 1.54) is 18.3 Å². The van der Waals surface area contributed by atoms with E-state index in [9.17, 15) is 12.8 Å². The minimum absolute atomic E-state index is 0.136. The third-order valence-electron chi connectivity index (χ3n) is 5.05. The van der Waals surface area contributed by atoms with Crippen molar-refractivity contribution < 1.29 is 12.8 Å². The van der Waals surface area contributed by atoms with E-state index in [0.29, 0.717) is 34.4 Å². The van der Waals surface area contributed by atoms with Crippen molar-refractivity contribution in [1.82, 2.24) is 19.1 Å². The second kappa shape index (κ2) is 6.81. The molecule has 0 fully saturated rings. The zero-order valence-corrected chi connectivity index (χ0v) is 17.5. The third-order valence-corrected chi connectivity index (χ3v) is 6.95. The number of aryl methyl sites for hydroxylation is 4. The van der Waals surface area contributed by atoms with Gasteiger partial charge in [-0.1, -0.05) is 0 Å². The van der Waals surface area contributed by atoms with Gasteiger partial charge < -0.3 is 4.57 Å². The zero-order valence-electron chi connectivity index (χ0n) is 16.6. The highest BCUT2D eigenvalue weighted by molar-refractivity contribution is 7.91. The topological polar surface area (TPSA) is 69.8 Å². The molecule has 0 aliphatic heterocycles. The number of pyridine rings is 1. The van der Waals surface area contributed by atoms with E-state index in [2.05, 4.69) is 9.97 Å². The Kier molecular flexibility index (Phi) is 4.53. The minimum atomic E-state index is -3.85. The quantitative estimate of drug-likeness (QED) is 0.505. The molecule has 0 unspecified atom stereocenters. The number of halogens is 1. The summed E-state index contributed by atoms with van der Waals surface area (Å²) in [5, 5.41) is 0.543. The van der Waals surface area contributed by atoms with Crippen molar-refractivity contribution in [3.05, 3.63) is 65.8 Å². The fourth-order valence-corrected chi connectivity index (χ4v) is 5.34. The van der Waals surface area contributed by atoms with Crippen LogP contribution in [0.2, 0.25) is 0 Å². The van der Waals surface area contributed by atoms with Crippen LogP contribution < -0.4 is 0 Å². The highest BCUT2D eigenvalue weighted by Crippen LogP contribution is 2.34. The van der Waals surface area contributed by atoms with E-state index >= 15 is 0 Å². The molecule has 29 heavy (non-hydrogen) atoms. The number of nitrogens with zero attached hydrogens (tertiary/aromatic N) is 4. The highest BCUT2D eigenvalue weighted by Gasteiger charge is 2.27. The molecule has 150 valence electrons. The van der Waals surface area contributed by atoms with Gasteiger partial charge in [0.1, 0.15) is 18.0 Å². The third kappa shape index (κ3) is 3.13. The van der Waals surface area contributed by atoms with E-state index in [0.717, 1.165) is 5.69 Å². The summed E-state index contributed by atoms with van der Waals surface area (Å²) >= 11 is 0. The van der Waals surface area contributed by atoms with Gasteiger partial charge in [0, 0.05) is 30.5 Å². The SMILES string of the molecule is CCn1cc(S(=O)(=O)c2cnc(-n3cnc(C)c3)cc2C)c2c(C)cc(F)cc21. The number of benzene rings is 1. The monoisotopic (exact) mass is 412 g/mol. The van der Waals surface area contributed by atoms with Gasteiger partial charge in [-0.3, -0.25) is 4.57 Å². The van der Waals surface area contributed by atoms with Crippen LogP contribution in [0.4, 0.5) is 4.39 Å². The molecule has 4 aromatic rings. The van der Waals surface area contributed by atoms with Crippen molar-refractivity contribution in [2.75, 3.05) is 0 Å². The van der Waals surface area contributed by atoms with Crippen LogP contribution in [0.25, 0.3) is 16.7 Å². The van der Waals surface area contributed by atoms with Gasteiger partial charge in [-0.05, 0) is 57.0 Å². The molecule has 0 aliphatic rings. The lowest BCUT2D eigenvalue weighted by Gasteiger charge is -2.10. The Morgan fingerprint density at radius 2 is 1.76 bits per heavy atom. The molecular formula is C21H21FN4O2S. The van der Waals surface area contributed by atoms with E-state index in [-0.39, 0.29) is 15.6 Å². The van der Waals surface area contributed by atoms with Gasteiger partial charge in [0.05, 0.1) is 21.0 Å². The Labute approximate surface area is 168 Å². The van der Waals surface area contributed by atoms with Crippen LogP contribution in [0.3, 0.4) is 0 Å². The molecule has 0 spiro atoms. The van der Waals surface area contributed by atoms with Gasteiger partial charge in [0.25, 0.3) is 0 Å². The summed E-state index contributed by atoms with van der Waals surface area (Å²) in [7, 11) is -3.85. The van der Waals surface area contributed by atoms with Crippen LogP contribution in [-0.2, 0) is 16.4 Å². The Morgan fingerprint density at radius 3 is 2.38 bits per heavy atom. The molecule has 1 aromatic carbocycles. The van der Waals surface area contributed by atoms with Gasteiger partial charge in [0.2, 0.25) is 9.84 Å². The maximum Gasteiger partial charge on any atom is 0.210 e. The number of aromatic nitrogens is 4. The Balaban J connectivity index is 1.90. The van der Waals surface area contributed by atoms with Gasteiger partial charge in [-0.25, -0.2) is 22.8 Å². The normalized spacial score (nSPS) is 12.0. The molecule has 3 aromatic heterocycles. The van der Waals surface area contributed by atoms with Gasteiger partial charge in [0.15, 0.2) is 0 Å². The van der Waals surface area contributed by atoms with Crippen molar-refractivity contribution in [3.8, 4) is 5.82 Å². The van der Waals surface area contributed by atoms with Crippen LogP contribution in [0, 0.1) is 26.6 Å². The predicted octanol–water partition coefficient (Wildman–Crippen LogP) is 4.14. The standard InChI is InChI=1S/C21H21FN4O2S/c1-5-25-11-19(21-14(3)6-16(22)8-17(21)25)29(27,28)18-9-23-20(7-13(18)2)26-10-15(4)24-12-26/h6-12H,5H2,1-4H3. The lowest BCUT2D eigenvalue weighted by atomic mass is 10.1. The summed E-state index contributed by atoms with van der Waals surface area (Å²) in [6.07, 6.45) is 6.42. The van der Waals surface area contributed by atoms with Gasteiger partial charge in [-0.15, -0.1) is 0 Å². The molecule has 0 saturated heterocycles. The maximum absolute atomic E-state index is 13.9. The summed E-state index contributed by atoms with van der Waals surface area (Å²) in [6.45, 7) is 7.76. The zero-order chi connectivity index (χ0) is 20.9. The van der Waals surface area contributed by atoms with Crippen LogP contribution in [-0.4, -0.2) is 27.5 Å². The second-order valence-electron chi connectivity index (χ2n) is 7.13. The number of hydrogen-bond donors (Lipinski definition) is 0. The average molecular weight is 412 g/mol. The number of sulfone groups is 1. The molecular weight excluding hydrogens is 391 g/mol. The van der Waals surface area contributed by atoms with Gasteiger partial charge in [-0.2, -0.15) is 0 Å². The molecule has 4 rings (SSSR count). The summed E-state index contributed by atoms with van der Waals surface area (Å²) in [6, 6.07) is 4.46. The van der Waals surface area contributed by atoms with E-state index in [1.54, 1.807) is 41.6 Å². The highest BCUT2D eigenvalue weighted by atomic mass is 32.2. The van der Waals surface area contributed by atoms with E-state index in [1.807, 2.05) is 20.0 Å². The Morgan fingerprint density at radius 1 is 1.00 bits per heavy atom. The fourth-order valence-electron chi connectivity index (χ4n) is 3.63. The number of hydrogen-bond acceptors (Lipinski definition) is 4. The van der Waals surface area contributed by atoms with Crippen molar-refractivity contribution in [1.29, 1.82) is 0 Å². The second-order valence-corrected chi connectivity index (χ2v) is 9.02. The van der Waals surface area contributed by atoms with Crippen LogP contribution in [0.15, 0.2) is 52.9 Å². The predicted molar refractivity (Wildman–Crippen MR) is 109 cm³/mol. The van der Waals surface area contributed by atoms with Crippen LogP contribution >= 0.6 is 0 Å². The molecule has 0 aliphatic carbocycles. The first-order chi connectivity index (χ1) is 13.7.